The standard InChI is InChI=1S/C23H24N2O3S2/c1-30(27,28)25(18-19-8-4-2-5-9-19)21-14-12-20(13-15-21)23(26)24-16-17-29-22-10-6-3-7-11-22/h2-15H,16-18H2,1H3,(H,24,26). The van der Waals surface area contributed by atoms with Crippen LogP contribution in [-0.2, 0) is 16.6 Å². The van der Waals surface area contributed by atoms with Gasteiger partial charge >= 0.3 is 0 Å². The van der Waals surface area contributed by atoms with Crippen LogP contribution in [0.25, 0.3) is 0 Å². The van der Waals surface area contributed by atoms with Gasteiger partial charge in [0.15, 0.2) is 0 Å². The second kappa shape index (κ2) is 10.3. The Hall–Kier alpha value is -2.77. The zero-order valence-electron chi connectivity index (χ0n) is 16.7. The Kier molecular flexibility index (Phi) is 7.54. The molecular formula is C23H24N2O3S2. The molecule has 30 heavy (non-hydrogen) atoms. The van der Waals surface area contributed by atoms with E-state index < -0.39 is 10.0 Å². The Morgan fingerprint density at radius 3 is 2.10 bits per heavy atom. The smallest absolute Gasteiger partial charge is 0.251 e. The average Bonchev–Trinajstić information content (AvgIpc) is 2.76. The second-order valence-electron chi connectivity index (χ2n) is 6.72. The van der Waals surface area contributed by atoms with E-state index in [0.29, 0.717) is 17.8 Å². The SMILES string of the molecule is CS(=O)(=O)N(Cc1ccccc1)c1ccc(C(=O)NCCSc2ccccc2)cc1. The van der Waals surface area contributed by atoms with Gasteiger partial charge < -0.3 is 5.32 Å². The van der Waals surface area contributed by atoms with E-state index in [-0.39, 0.29) is 12.5 Å². The molecule has 0 bridgehead atoms. The van der Waals surface area contributed by atoms with E-state index in [0.717, 1.165) is 16.2 Å². The molecule has 0 aromatic heterocycles. The predicted octanol–water partition coefficient (Wildman–Crippen LogP) is 4.17. The largest absolute Gasteiger partial charge is 0.351 e. The topological polar surface area (TPSA) is 66.5 Å². The summed E-state index contributed by atoms with van der Waals surface area (Å²) in [5, 5.41) is 2.90. The number of carbonyl (C=O) groups excluding carboxylic acids is 1. The van der Waals surface area contributed by atoms with Gasteiger partial charge in [0.05, 0.1) is 18.5 Å². The van der Waals surface area contributed by atoms with Crippen molar-refractivity contribution in [2.45, 2.75) is 11.4 Å². The fraction of sp³-hybridized carbons (Fsp3) is 0.174. The van der Waals surface area contributed by atoms with Crippen molar-refractivity contribution in [1.29, 1.82) is 0 Å². The quantitative estimate of drug-likeness (QED) is 0.401. The summed E-state index contributed by atoms with van der Waals surface area (Å²) in [6.45, 7) is 0.783. The molecule has 0 spiro atoms. The number of amides is 1. The molecule has 7 heteroatoms. The minimum Gasteiger partial charge on any atom is -0.351 e. The molecule has 0 radical (unpaired) electrons. The first kappa shape index (κ1) is 21.9. The molecule has 3 aromatic carbocycles. The highest BCUT2D eigenvalue weighted by atomic mass is 32.2. The van der Waals surface area contributed by atoms with Crippen LogP contribution in [0.5, 0.6) is 0 Å². The third-order valence-electron chi connectivity index (χ3n) is 4.39. The number of hydrogen-bond donors (Lipinski definition) is 1. The number of thioether (sulfide) groups is 1. The summed E-state index contributed by atoms with van der Waals surface area (Å²) in [7, 11) is -3.46. The second-order valence-corrected chi connectivity index (χ2v) is 9.79. The monoisotopic (exact) mass is 440 g/mol. The minimum atomic E-state index is -3.46. The molecule has 0 aliphatic heterocycles. The molecule has 3 aromatic rings. The third kappa shape index (κ3) is 6.37. The van der Waals surface area contributed by atoms with Crippen molar-refractivity contribution in [3.05, 3.63) is 96.1 Å². The Morgan fingerprint density at radius 1 is 0.900 bits per heavy atom. The number of benzene rings is 3. The predicted molar refractivity (Wildman–Crippen MR) is 123 cm³/mol. The molecule has 1 amide bonds. The first-order valence-corrected chi connectivity index (χ1v) is 12.3. The maximum Gasteiger partial charge on any atom is 0.251 e. The highest BCUT2D eigenvalue weighted by molar-refractivity contribution is 7.99. The van der Waals surface area contributed by atoms with Crippen LogP contribution < -0.4 is 9.62 Å². The van der Waals surface area contributed by atoms with Gasteiger partial charge in [-0.3, -0.25) is 9.10 Å². The number of sulfonamides is 1. The van der Waals surface area contributed by atoms with Gasteiger partial charge in [0.25, 0.3) is 5.91 Å². The maximum absolute atomic E-state index is 12.4. The number of anilines is 1. The van der Waals surface area contributed by atoms with Gasteiger partial charge in [-0.1, -0.05) is 48.5 Å². The van der Waals surface area contributed by atoms with E-state index in [2.05, 4.69) is 5.32 Å². The molecule has 0 saturated carbocycles. The molecule has 1 N–H and O–H groups in total. The zero-order chi connectivity index (χ0) is 21.4. The molecule has 0 unspecified atom stereocenters. The fourth-order valence-corrected chi connectivity index (χ4v) is 4.56. The molecule has 0 fully saturated rings. The first-order chi connectivity index (χ1) is 14.4. The molecule has 0 aliphatic rings. The lowest BCUT2D eigenvalue weighted by atomic mass is 10.2. The summed E-state index contributed by atoms with van der Waals surface area (Å²) in [5.74, 6) is 0.594. The van der Waals surface area contributed by atoms with Crippen LogP contribution >= 0.6 is 11.8 Å². The van der Waals surface area contributed by atoms with Gasteiger partial charge in [0.2, 0.25) is 10.0 Å². The average molecular weight is 441 g/mol. The minimum absolute atomic E-state index is 0.177. The zero-order valence-corrected chi connectivity index (χ0v) is 18.3. The van der Waals surface area contributed by atoms with Crippen molar-refractivity contribution in [3.63, 3.8) is 0 Å². The molecule has 0 atom stereocenters. The first-order valence-electron chi connectivity index (χ1n) is 9.51. The van der Waals surface area contributed by atoms with E-state index in [1.807, 2.05) is 60.7 Å². The van der Waals surface area contributed by atoms with Crippen molar-refractivity contribution in [2.75, 3.05) is 22.9 Å². The Balaban J connectivity index is 1.60. The van der Waals surface area contributed by atoms with Crippen LogP contribution in [0.2, 0.25) is 0 Å². The van der Waals surface area contributed by atoms with Crippen LogP contribution in [0.3, 0.4) is 0 Å². The van der Waals surface area contributed by atoms with Crippen LogP contribution in [0.15, 0.2) is 89.8 Å². The maximum atomic E-state index is 12.4. The molecule has 0 aliphatic carbocycles. The van der Waals surface area contributed by atoms with E-state index in [4.69, 9.17) is 0 Å². The van der Waals surface area contributed by atoms with Crippen molar-refractivity contribution in [1.82, 2.24) is 5.32 Å². The fourth-order valence-electron chi connectivity index (χ4n) is 2.88. The molecule has 3 rings (SSSR count). The lowest BCUT2D eigenvalue weighted by molar-refractivity contribution is 0.0956. The number of hydrogen-bond acceptors (Lipinski definition) is 4. The van der Waals surface area contributed by atoms with Crippen LogP contribution in [-0.4, -0.2) is 32.9 Å². The van der Waals surface area contributed by atoms with Gasteiger partial charge in [-0.25, -0.2) is 8.42 Å². The highest BCUT2D eigenvalue weighted by Crippen LogP contribution is 2.21. The molecule has 0 saturated heterocycles. The highest BCUT2D eigenvalue weighted by Gasteiger charge is 2.18. The Labute approximate surface area is 182 Å². The summed E-state index contributed by atoms with van der Waals surface area (Å²) < 4.78 is 25.9. The molecular weight excluding hydrogens is 416 g/mol. The lowest BCUT2D eigenvalue weighted by Gasteiger charge is -2.22. The Bertz CT molecular complexity index is 1050. The summed E-state index contributed by atoms with van der Waals surface area (Å²) in [6, 6.07) is 26.0. The van der Waals surface area contributed by atoms with Gasteiger partial charge in [0.1, 0.15) is 0 Å². The molecule has 0 heterocycles. The van der Waals surface area contributed by atoms with Gasteiger partial charge in [-0.2, -0.15) is 0 Å². The number of nitrogens with one attached hydrogen (secondary N) is 1. The summed E-state index contributed by atoms with van der Waals surface area (Å²) in [6.07, 6.45) is 1.18. The van der Waals surface area contributed by atoms with Crippen LogP contribution in [0.4, 0.5) is 5.69 Å². The summed E-state index contributed by atoms with van der Waals surface area (Å²) in [5.41, 5.74) is 1.91. The van der Waals surface area contributed by atoms with Crippen LogP contribution in [0, 0.1) is 0 Å². The van der Waals surface area contributed by atoms with Gasteiger partial charge in [-0.05, 0) is 42.0 Å². The van der Waals surface area contributed by atoms with Crippen molar-refractivity contribution >= 4 is 33.4 Å². The van der Waals surface area contributed by atoms with E-state index in [1.54, 1.807) is 36.0 Å². The molecule has 156 valence electrons. The van der Waals surface area contributed by atoms with Crippen LogP contribution in [0.1, 0.15) is 15.9 Å². The normalized spacial score (nSPS) is 11.1. The van der Waals surface area contributed by atoms with E-state index in [9.17, 15) is 13.2 Å². The number of rotatable bonds is 9. The van der Waals surface area contributed by atoms with Crippen molar-refractivity contribution < 1.29 is 13.2 Å². The number of nitrogens with zero attached hydrogens (tertiary/aromatic N) is 1. The van der Waals surface area contributed by atoms with E-state index in [1.165, 1.54) is 10.6 Å². The van der Waals surface area contributed by atoms with E-state index >= 15 is 0 Å². The van der Waals surface area contributed by atoms with Gasteiger partial charge in [-0.15, -0.1) is 11.8 Å². The Morgan fingerprint density at radius 2 is 1.50 bits per heavy atom. The molecule has 5 nitrogen and oxygen atoms in total. The third-order valence-corrected chi connectivity index (χ3v) is 6.54. The van der Waals surface area contributed by atoms with Crippen molar-refractivity contribution in [3.8, 4) is 0 Å². The number of carbonyl (C=O) groups is 1. The summed E-state index contributed by atoms with van der Waals surface area (Å²) in [4.78, 5) is 13.5. The lowest BCUT2D eigenvalue weighted by Crippen LogP contribution is -2.29. The summed E-state index contributed by atoms with van der Waals surface area (Å²) >= 11 is 1.68. The van der Waals surface area contributed by atoms with Gasteiger partial charge in [0, 0.05) is 22.8 Å². The van der Waals surface area contributed by atoms with Crippen molar-refractivity contribution in [2.24, 2.45) is 0 Å².